The van der Waals surface area contributed by atoms with Crippen LogP contribution in [0.25, 0.3) is 0 Å². The van der Waals surface area contributed by atoms with Gasteiger partial charge in [0.1, 0.15) is 47.8 Å². The van der Waals surface area contributed by atoms with Crippen LogP contribution < -0.4 is 37.6 Å². The maximum atomic E-state index is 14.0. The molecule has 0 bridgehead atoms. The molecule has 0 radical (unpaired) electrons. The number of aromatic hydroxyl groups is 2. The number of aliphatic carboxylic acids is 3. The number of amides is 6. The molecule has 0 heterocycles. The number of carboxylic acid groups (broad SMARTS) is 3. The normalized spacial score (nSPS) is 14.5. The highest BCUT2D eigenvalue weighted by Crippen LogP contribution is 2.14. The summed E-state index contributed by atoms with van der Waals surface area (Å²) in [5.41, 5.74) is 6.53. The van der Waals surface area contributed by atoms with E-state index < -0.39 is 108 Å². The summed E-state index contributed by atoms with van der Waals surface area (Å²) in [5.74, 6) is -10.1. The number of carbonyl (C=O) groups excluding carboxylic acids is 6. The molecule has 0 saturated heterocycles. The summed E-state index contributed by atoms with van der Waals surface area (Å²) in [6.45, 7) is 3.78. The summed E-state index contributed by atoms with van der Waals surface area (Å²) in [6, 6.07) is 0.907. The van der Waals surface area contributed by atoms with E-state index in [-0.39, 0.29) is 30.8 Å². The predicted molar refractivity (Wildman–Crippen MR) is 197 cm³/mol. The van der Waals surface area contributed by atoms with Crippen molar-refractivity contribution in [3.63, 3.8) is 0 Å². The number of carboxylic acids is 3. The molecule has 21 nitrogen and oxygen atoms in total. The van der Waals surface area contributed by atoms with Crippen molar-refractivity contribution in [3.8, 4) is 11.5 Å². The average molecular weight is 802 g/mol. The zero-order valence-corrected chi connectivity index (χ0v) is 31.2. The number of hydrogen-bond donors (Lipinski definition) is 12. The molecular formula is C36H47N7O14. The Labute approximate surface area is 325 Å². The van der Waals surface area contributed by atoms with E-state index in [1.165, 1.54) is 69.3 Å². The Kier molecular flexibility index (Phi) is 17.9. The van der Waals surface area contributed by atoms with Crippen LogP contribution in [0.15, 0.2) is 48.5 Å². The number of carbonyl (C=O) groups is 9. The molecule has 7 atom stereocenters. The number of benzene rings is 2. The summed E-state index contributed by atoms with van der Waals surface area (Å²) in [4.78, 5) is 113. The third kappa shape index (κ3) is 16.2. The van der Waals surface area contributed by atoms with Gasteiger partial charge in [-0.25, -0.2) is 0 Å². The first-order valence-corrected chi connectivity index (χ1v) is 17.5. The number of rotatable bonds is 22. The molecule has 310 valence electrons. The van der Waals surface area contributed by atoms with E-state index in [9.17, 15) is 58.5 Å². The molecule has 0 spiro atoms. The summed E-state index contributed by atoms with van der Waals surface area (Å²) in [7, 11) is 0. The van der Waals surface area contributed by atoms with E-state index in [0.29, 0.717) is 11.1 Å². The van der Waals surface area contributed by atoms with Gasteiger partial charge in [0.2, 0.25) is 35.4 Å². The van der Waals surface area contributed by atoms with E-state index in [0.717, 1.165) is 0 Å². The molecule has 0 saturated carbocycles. The van der Waals surface area contributed by atoms with Crippen molar-refractivity contribution in [2.75, 3.05) is 0 Å². The molecule has 57 heavy (non-hydrogen) atoms. The Morgan fingerprint density at radius 3 is 1.28 bits per heavy atom. The number of phenols is 2. The van der Waals surface area contributed by atoms with Gasteiger partial charge < -0.3 is 63.2 Å². The molecule has 2 aromatic carbocycles. The molecule has 0 unspecified atom stereocenters. The molecule has 21 heteroatoms. The van der Waals surface area contributed by atoms with Crippen LogP contribution in [0.3, 0.4) is 0 Å². The largest absolute Gasteiger partial charge is 0.508 e. The van der Waals surface area contributed by atoms with Crippen LogP contribution in [0.2, 0.25) is 0 Å². The first-order valence-electron chi connectivity index (χ1n) is 17.5. The van der Waals surface area contributed by atoms with Gasteiger partial charge in [0, 0.05) is 19.3 Å². The van der Waals surface area contributed by atoms with Gasteiger partial charge in [0.05, 0.1) is 12.5 Å². The first kappa shape index (κ1) is 46.4. The SMILES string of the molecule is C[C@H](NC(=O)[C@H](C)NC(=O)[C@H](C)NC(=O)[C@H](Cc1ccc(O)cc1)NC(=O)[C@H](Cc1ccc(O)cc1)NC(=O)[C@H](CC(=O)O)NC(=O)[C@@H](N)CCC(=O)O)C(=O)O. The fourth-order valence-corrected chi connectivity index (χ4v) is 4.95. The average Bonchev–Trinajstić information content (AvgIpc) is 3.13. The lowest BCUT2D eigenvalue weighted by Crippen LogP contribution is -2.60. The van der Waals surface area contributed by atoms with E-state index in [1.54, 1.807) is 0 Å². The van der Waals surface area contributed by atoms with Crippen LogP contribution in [0, 0.1) is 0 Å². The van der Waals surface area contributed by atoms with Gasteiger partial charge in [-0.2, -0.15) is 0 Å². The smallest absolute Gasteiger partial charge is 0.325 e. The highest BCUT2D eigenvalue weighted by Gasteiger charge is 2.33. The van der Waals surface area contributed by atoms with Crippen molar-refractivity contribution < 1.29 is 68.7 Å². The molecule has 2 aromatic rings. The fourth-order valence-electron chi connectivity index (χ4n) is 4.95. The minimum absolute atomic E-state index is 0.104. The Balaban J connectivity index is 2.38. The highest BCUT2D eigenvalue weighted by atomic mass is 16.4. The molecule has 2 rings (SSSR count). The second kappa shape index (κ2) is 21.9. The van der Waals surface area contributed by atoms with Gasteiger partial charge in [-0.05, 0) is 62.6 Å². The zero-order valence-electron chi connectivity index (χ0n) is 31.2. The molecule has 0 aliphatic heterocycles. The van der Waals surface area contributed by atoms with Crippen LogP contribution in [-0.4, -0.2) is 121 Å². The summed E-state index contributed by atoms with van der Waals surface area (Å²) < 4.78 is 0. The predicted octanol–water partition coefficient (Wildman–Crippen LogP) is -2.40. The van der Waals surface area contributed by atoms with Crippen molar-refractivity contribution in [1.29, 1.82) is 0 Å². The standard InChI is InChI=1S/C36H47N7O14/c1-17(31(51)40-19(3)36(56)57)38-30(50)18(2)39-33(53)25(14-20-4-8-22(44)9-5-20)42-34(54)26(15-21-6-10-23(45)11-7-21)43-35(55)27(16-29(48)49)41-32(52)24(37)12-13-28(46)47/h4-11,17-19,24-27,44-45H,12-16,37H2,1-3H3,(H,38,50)(H,39,53)(H,40,51)(H,41,52)(H,42,54)(H,43,55)(H,46,47)(H,48,49)(H,56,57)/t17-,18-,19-,24-,25-,26-,27-/m0/s1. The van der Waals surface area contributed by atoms with Crippen molar-refractivity contribution >= 4 is 53.4 Å². The van der Waals surface area contributed by atoms with Crippen molar-refractivity contribution in [3.05, 3.63) is 59.7 Å². The number of phenolic OH excluding ortho intramolecular Hbond substituents is 2. The summed E-state index contributed by atoms with van der Waals surface area (Å²) in [6.07, 6.45) is -2.33. The first-order chi connectivity index (χ1) is 26.7. The summed E-state index contributed by atoms with van der Waals surface area (Å²) in [5, 5.41) is 60.9. The molecule has 13 N–H and O–H groups in total. The Morgan fingerprint density at radius 2 is 0.877 bits per heavy atom. The molecule has 6 amide bonds. The van der Waals surface area contributed by atoms with Gasteiger partial charge in [-0.1, -0.05) is 24.3 Å². The van der Waals surface area contributed by atoms with Crippen LogP contribution in [0.5, 0.6) is 11.5 Å². The number of nitrogens with one attached hydrogen (secondary N) is 6. The maximum absolute atomic E-state index is 14.0. The second-order valence-corrected chi connectivity index (χ2v) is 13.1. The lowest BCUT2D eigenvalue weighted by molar-refractivity contribution is -0.142. The molecule has 0 aliphatic rings. The van der Waals surface area contributed by atoms with Crippen molar-refractivity contribution in [1.82, 2.24) is 31.9 Å². The lowest BCUT2D eigenvalue weighted by atomic mass is 10.0. The minimum atomic E-state index is -1.80. The van der Waals surface area contributed by atoms with E-state index in [2.05, 4.69) is 31.9 Å². The molecular weight excluding hydrogens is 754 g/mol. The van der Waals surface area contributed by atoms with Gasteiger partial charge in [-0.15, -0.1) is 0 Å². The highest BCUT2D eigenvalue weighted by molar-refractivity contribution is 5.97. The molecule has 0 aromatic heterocycles. The van der Waals surface area contributed by atoms with Gasteiger partial charge in [0.25, 0.3) is 0 Å². The second-order valence-electron chi connectivity index (χ2n) is 13.1. The van der Waals surface area contributed by atoms with Gasteiger partial charge in [-0.3, -0.25) is 43.2 Å². The van der Waals surface area contributed by atoms with Crippen molar-refractivity contribution in [2.45, 2.75) is 95.2 Å². The van der Waals surface area contributed by atoms with Crippen molar-refractivity contribution in [2.24, 2.45) is 5.73 Å². The molecule has 0 aliphatic carbocycles. The van der Waals surface area contributed by atoms with Gasteiger partial charge in [0.15, 0.2) is 0 Å². The fraction of sp³-hybridized carbons (Fsp3) is 0.417. The quantitative estimate of drug-likeness (QED) is 0.0591. The van der Waals surface area contributed by atoms with Crippen LogP contribution in [0.1, 0.15) is 51.2 Å². The monoisotopic (exact) mass is 801 g/mol. The Bertz CT molecular complexity index is 1790. The molecule has 0 fully saturated rings. The Morgan fingerprint density at radius 1 is 0.509 bits per heavy atom. The maximum Gasteiger partial charge on any atom is 0.325 e. The van der Waals surface area contributed by atoms with Gasteiger partial charge >= 0.3 is 17.9 Å². The third-order valence-electron chi connectivity index (χ3n) is 8.27. The topological polar surface area (TPSA) is 353 Å². The van der Waals surface area contributed by atoms with Crippen LogP contribution in [0.4, 0.5) is 0 Å². The Hall–Kier alpha value is -6.77. The number of nitrogens with two attached hydrogens (primary N) is 1. The zero-order chi connectivity index (χ0) is 43.0. The number of hydrogen-bond acceptors (Lipinski definition) is 12. The van der Waals surface area contributed by atoms with Crippen LogP contribution in [-0.2, 0) is 56.0 Å². The van der Waals surface area contributed by atoms with E-state index in [1.807, 2.05) is 0 Å². The third-order valence-corrected chi connectivity index (χ3v) is 8.27. The minimum Gasteiger partial charge on any atom is -0.508 e. The lowest BCUT2D eigenvalue weighted by Gasteiger charge is -2.26. The van der Waals surface area contributed by atoms with Crippen LogP contribution >= 0.6 is 0 Å². The summed E-state index contributed by atoms with van der Waals surface area (Å²) >= 11 is 0. The van der Waals surface area contributed by atoms with E-state index in [4.69, 9.17) is 15.9 Å². The van der Waals surface area contributed by atoms with E-state index >= 15 is 0 Å².